The molecule has 1 amide bonds. The molecule has 2 N–H and O–H groups in total. The summed E-state index contributed by atoms with van der Waals surface area (Å²) in [6.45, 7) is 3.59. The highest BCUT2D eigenvalue weighted by Gasteiger charge is 2.29. The summed E-state index contributed by atoms with van der Waals surface area (Å²) < 4.78 is 1.99. The molecule has 1 aromatic heterocycles. The van der Waals surface area contributed by atoms with Crippen LogP contribution in [0.3, 0.4) is 0 Å². The lowest BCUT2D eigenvalue weighted by Crippen LogP contribution is -2.36. The Hall–Kier alpha value is -2.79. The molecule has 0 aliphatic carbocycles. The monoisotopic (exact) mass is 363 g/mol. The van der Waals surface area contributed by atoms with E-state index < -0.39 is 6.10 Å². The molecule has 1 aliphatic heterocycles. The Morgan fingerprint density at radius 1 is 1.15 bits per heavy atom. The molecule has 0 fully saturated rings. The number of nitrogens with zero attached hydrogens (tertiary/aromatic N) is 2. The summed E-state index contributed by atoms with van der Waals surface area (Å²) in [6.07, 6.45) is 0.245. The zero-order valence-electron chi connectivity index (χ0n) is 15.8. The third-order valence-corrected chi connectivity index (χ3v) is 5.31. The second-order valence-corrected chi connectivity index (χ2v) is 7.33. The number of aromatic nitrogens is 1. The van der Waals surface area contributed by atoms with E-state index in [1.807, 2.05) is 61.0 Å². The summed E-state index contributed by atoms with van der Waals surface area (Å²) in [5.74, 6) is 0.0335. The highest BCUT2D eigenvalue weighted by Crippen LogP contribution is 2.30. The predicted octanol–water partition coefficient (Wildman–Crippen LogP) is 3.05. The molecule has 0 spiro atoms. The normalized spacial score (nSPS) is 15.1. The van der Waals surface area contributed by atoms with Gasteiger partial charge in [0.2, 0.25) is 0 Å². The molecule has 5 nitrogen and oxygen atoms in total. The Balaban J connectivity index is 1.59. The van der Waals surface area contributed by atoms with Crippen molar-refractivity contribution in [3.05, 3.63) is 65.4 Å². The van der Waals surface area contributed by atoms with Gasteiger partial charge in [0.25, 0.3) is 5.91 Å². The quantitative estimate of drug-likeness (QED) is 0.733. The lowest BCUT2D eigenvalue weighted by molar-refractivity contribution is 0.0765. The number of aliphatic hydroxyl groups excluding tert-OH is 1. The van der Waals surface area contributed by atoms with Crippen LogP contribution in [0.1, 0.15) is 21.6 Å². The Kier molecular flexibility index (Phi) is 4.62. The number of anilines is 1. The van der Waals surface area contributed by atoms with Gasteiger partial charge in [-0.3, -0.25) is 4.79 Å². The number of aliphatic hydroxyl groups is 1. The summed E-state index contributed by atoms with van der Waals surface area (Å²) in [7, 11) is 1.84. The van der Waals surface area contributed by atoms with Crippen LogP contribution in [0.4, 0.5) is 5.69 Å². The van der Waals surface area contributed by atoms with Gasteiger partial charge in [-0.15, -0.1) is 0 Å². The van der Waals surface area contributed by atoms with Crippen molar-refractivity contribution in [3.8, 4) is 0 Å². The molecule has 1 aliphatic rings. The van der Waals surface area contributed by atoms with E-state index in [4.69, 9.17) is 0 Å². The van der Waals surface area contributed by atoms with E-state index >= 15 is 0 Å². The van der Waals surface area contributed by atoms with E-state index in [-0.39, 0.29) is 5.91 Å². The van der Waals surface area contributed by atoms with Gasteiger partial charge in [0.1, 0.15) is 5.69 Å². The number of fused-ring (bicyclic) bond motifs is 3. The molecule has 4 rings (SSSR count). The molecule has 0 saturated carbocycles. The molecule has 0 saturated heterocycles. The average Bonchev–Trinajstić information content (AvgIpc) is 2.99. The fourth-order valence-electron chi connectivity index (χ4n) is 3.81. The fourth-order valence-corrected chi connectivity index (χ4v) is 3.81. The van der Waals surface area contributed by atoms with E-state index in [9.17, 15) is 9.90 Å². The van der Waals surface area contributed by atoms with Gasteiger partial charge in [0, 0.05) is 36.7 Å². The number of rotatable bonds is 5. The maximum Gasteiger partial charge on any atom is 0.270 e. The summed E-state index contributed by atoms with van der Waals surface area (Å²) in [5.41, 5.74) is 5.02. The van der Waals surface area contributed by atoms with E-state index in [1.54, 1.807) is 4.90 Å². The van der Waals surface area contributed by atoms with Crippen molar-refractivity contribution >= 4 is 22.5 Å². The maximum atomic E-state index is 12.8. The van der Waals surface area contributed by atoms with Gasteiger partial charge in [0.05, 0.1) is 12.6 Å². The van der Waals surface area contributed by atoms with Crippen LogP contribution in [-0.4, -0.2) is 46.7 Å². The van der Waals surface area contributed by atoms with Crippen LogP contribution in [0, 0.1) is 6.92 Å². The first-order valence-electron chi connectivity index (χ1n) is 9.39. The molecule has 3 aromatic rings. The number of amides is 1. The lowest BCUT2D eigenvalue weighted by atomic mass is 10.0. The topological polar surface area (TPSA) is 57.5 Å². The van der Waals surface area contributed by atoms with Gasteiger partial charge >= 0.3 is 0 Å². The standard InChI is InChI=1S/C22H25N3O2/c1-15-7-9-16(10-8-15)23-13-17(26)14-25-20-6-4-3-5-18(20)19-11-12-24(2)22(27)21(19)25/h3-10,17,23,26H,11-14H2,1-2H3. The van der Waals surface area contributed by atoms with Crippen molar-refractivity contribution in [2.75, 3.05) is 25.5 Å². The number of hydrogen-bond acceptors (Lipinski definition) is 3. The Morgan fingerprint density at radius 2 is 1.89 bits per heavy atom. The van der Waals surface area contributed by atoms with Crippen molar-refractivity contribution in [2.45, 2.75) is 26.0 Å². The third-order valence-electron chi connectivity index (χ3n) is 5.31. The van der Waals surface area contributed by atoms with E-state index in [0.717, 1.165) is 40.8 Å². The van der Waals surface area contributed by atoms with Crippen LogP contribution < -0.4 is 5.32 Å². The van der Waals surface area contributed by atoms with Gasteiger partial charge in [-0.2, -0.15) is 0 Å². The Morgan fingerprint density at radius 3 is 2.67 bits per heavy atom. The average molecular weight is 363 g/mol. The molecule has 140 valence electrons. The number of likely N-dealkylation sites (N-methyl/N-ethyl adjacent to an activating group) is 1. The molecule has 0 radical (unpaired) electrons. The first-order valence-corrected chi connectivity index (χ1v) is 9.39. The number of nitrogens with one attached hydrogen (secondary N) is 1. The minimum Gasteiger partial charge on any atom is -0.389 e. The van der Waals surface area contributed by atoms with Crippen molar-refractivity contribution in [1.82, 2.24) is 9.47 Å². The van der Waals surface area contributed by atoms with Gasteiger partial charge < -0.3 is 19.9 Å². The van der Waals surface area contributed by atoms with Gasteiger partial charge in [-0.25, -0.2) is 0 Å². The first kappa shape index (κ1) is 17.6. The van der Waals surface area contributed by atoms with E-state index in [0.29, 0.717) is 13.1 Å². The summed E-state index contributed by atoms with van der Waals surface area (Å²) in [5, 5.41) is 15.0. The molecular weight excluding hydrogens is 338 g/mol. The zero-order valence-corrected chi connectivity index (χ0v) is 15.8. The molecule has 27 heavy (non-hydrogen) atoms. The zero-order chi connectivity index (χ0) is 19.0. The number of para-hydroxylation sites is 1. The number of benzene rings is 2. The van der Waals surface area contributed by atoms with E-state index in [2.05, 4.69) is 11.4 Å². The Bertz CT molecular complexity index is 975. The van der Waals surface area contributed by atoms with Crippen LogP contribution in [0.2, 0.25) is 0 Å². The molecule has 5 heteroatoms. The van der Waals surface area contributed by atoms with Crippen LogP contribution in [0.25, 0.3) is 10.9 Å². The van der Waals surface area contributed by atoms with Crippen molar-refractivity contribution < 1.29 is 9.90 Å². The van der Waals surface area contributed by atoms with Crippen molar-refractivity contribution in [1.29, 1.82) is 0 Å². The minimum absolute atomic E-state index is 0.0335. The lowest BCUT2D eigenvalue weighted by Gasteiger charge is -2.25. The highest BCUT2D eigenvalue weighted by atomic mass is 16.3. The summed E-state index contributed by atoms with van der Waals surface area (Å²) in [6, 6.07) is 16.2. The minimum atomic E-state index is -0.605. The summed E-state index contributed by atoms with van der Waals surface area (Å²) in [4.78, 5) is 14.6. The van der Waals surface area contributed by atoms with Gasteiger partial charge in [-0.05, 0) is 37.1 Å². The molecule has 1 unspecified atom stereocenters. The largest absolute Gasteiger partial charge is 0.389 e. The van der Waals surface area contributed by atoms with Gasteiger partial charge in [0.15, 0.2) is 0 Å². The number of carbonyl (C=O) groups is 1. The predicted molar refractivity (Wildman–Crippen MR) is 108 cm³/mol. The SMILES string of the molecule is Cc1ccc(NCC(O)Cn2c3c(c4ccccc42)CCN(C)C3=O)cc1. The summed E-state index contributed by atoms with van der Waals surface area (Å²) >= 11 is 0. The number of hydrogen-bond donors (Lipinski definition) is 2. The maximum absolute atomic E-state index is 12.8. The number of aryl methyl sites for hydroxylation is 1. The molecule has 2 aromatic carbocycles. The van der Waals surface area contributed by atoms with Crippen molar-refractivity contribution in [2.24, 2.45) is 0 Å². The smallest absolute Gasteiger partial charge is 0.270 e. The third kappa shape index (κ3) is 3.30. The van der Waals surface area contributed by atoms with Gasteiger partial charge in [-0.1, -0.05) is 35.9 Å². The van der Waals surface area contributed by atoms with Crippen molar-refractivity contribution in [3.63, 3.8) is 0 Å². The number of carbonyl (C=O) groups excluding carboxylic acids is 1. The first-order chi connectivity index (χ1) is 13.0. The van der Waals surface area contributed by atoms with Crippen LogP contribution in [0.15, 0.2) is 48.5 Å². The molecule has 1 atom stereocenters. The fraction of sp³-hybridized carbons (Fsp3) is 0.318. The molecular formula is C22H25N3O2. The molecule has 0 bridgehead atoms. The van der Waals surface area contributed by atoms with Crippen LogP contribution in [0.5, 0.6) is 0 Å². The van der Waals surface area contributed by atoms with E-state index in [1.165, 1.54) is 5.56 Å². The Labute approximate surface area is 159 Å². The van der Waals surface area contributed by atoms with Crippen LogP contribution in [-0.2, 0) is 13.0 Å². The highest BCUT2D eigenvalue weighted by molar-refractivity contribution is 6.02. The van der Waals surface area contributed by atoms with Crippen LogP contribution >= 0.6 is 0 Å². The second kappa shape index (κ2) is 7.08. The molecule has 2 heterocycles. The second-order valence-electron chi connectivity index (χ2n) is 7.33.